The maximum atomic E-state index is 12.4. The lowest BCUT2D eigenvalue weighted by atomic mass is 10.1. The van der Waals surface area contributed by atoms with Crippen LogP contribution in [0.4, 0.5) is 5.69 Å². The lowest BCUT2D eigenvalue weighted by Crippen LogP contribution is -2.35. The minimum absolute atomic E-state index is 0.00428. The van der Waals surface area contributed by atoms with Crippen LogP contribution in [0.1, 0.15) is 24.0 Å². The quantitative estimate of drug-likeness (QED) is 0.658. The Balaban J connectivity index is 2.46. The van der Waals surface area contributed by atoms with Crippen molar-refractivity contribution in [2.75, 3.05) is 0 Å². The van der Waals surface area contributed by atoms with Gasteiger partial charge in [-0.1, -0.05) is 0 Å². The molecule has 1 aliphatic rings. The molecule has 112 valence electrons. The SMILES string of the molecule is Cc1cc([N+](=O)[O-])c(S(=O)(=O)NC(C#N)C2CC2)cc1C. The number of nitrogens with one attached hydrogen (secondary N) is 1. The Hall–Kier alpha value is -1.98. The predicted molar refractivity (Wildman–Crippen MR) is 75.0 cm³/mol. The first-order valence-corrected chi connectivity index (χ1v) is 7.92. The van der Waals surface area contributed by atoms with E-state index in [0.29, 0.717) is 11.1 Å². The average molecular weight is 309 g/mol. The molecule has 8 heteroatoms. The molecule has 1 aromatic rings. The number of sulfonamides is 1. The van der Waals surface area contributed by atoms with E-state index >= 15 is 0 Å². The first-order valence-electron chi connectivity index (χ1n) is 6.44. The van der Waals surface area contributed by atoms with Gasteiger partial charge >= 0.3 is 0 Å². The Morgan fingerprint density at radius 1 is 1.38 bits per heavy atom. The van der Waals surface area contributed by atoms with Gasteiger partial charge in [0.1, 0.15) is 6.04 Å². The molecule has 1 fully saturated rings. The fourth-order valence-corrected chi connectivity index (χ4v) is 3.47. The van der Waals surface area contributed by atoms with E-state index in [9.17, 15) is 18.5 Å². The third-order valence-electron chi connectivity index (χ3n) is 3.58. The third-order valence-corrected chi connectivity index (χ3v) is 5.05. The highest BCUT2D eigenvalue weighted by atomic mass is 32.2. The minimum atomic E-state index is -4.11. The molecule has 0 aromatic heterocycles. The zero-order valence-corrected chi connectivity index (χ0v) is 12.5. The van der Waals surface area contributed by atoms with Crippen molar-refractivity contribution in [2.24, 2.45) is 5.92 Å². The molecule has 1 N–H and O–H groups in total. The maximum absolute atomic E-state index is 12.4. The first kappa shape index (κ1) is 15.4. The summed E-state index contributed by atoms with van der Waals surface area (Å²) in [6.45, 7) is 3.36. The van der Waals surface area contributed by atoms with Crippen molar-refractivity contribution in [1.82, 2.24) is 4.72 Å². The second-order valence-electron chi connectivity index (χ2n) is 5.23. The molecular formula is C13H15N3O4S. The molecule has 2 rings (SSSR count). The van der Waals surface area contributed by atoms with Crippen molar-refractivity contribution in [1.29, 1.82) is 5.26 Å². The maximum Gasteiger partial charge on any atom is 0.289 e. The number of benzene rings is 1. The first-order chi connectivity index (χ1) is 9.76. The lowest BCUT2D eigenvalue weighted by molar-refractivity contribution is -0.387. The largest absolute Gasteiger partial charge is 0.289 e. The summed E-state index contributed by atoms with van der Waals surface area (Å²) in [5.74, 6) is -0.00428. The van der Waals surface area contributed by atoms with Crippen molar-refractivity contribution >= 4 is 15.7 Å². The smallest absolute Gasteiger partial charge is 0.258 e. The number of nitriles is 1. The monoisotopic (exact) mass is 309 g/mol. The molecule has 1 unspecified atom stereocenters. The molecule has 0 bridgehead atoms. The van der Waals surface area contributed by atoms with Crippen LogP contribution >= 0.6 is 0 Å². The summed E-state index contributed by atoms with van der Waals surface area (Å²) in [5, 5.41) is 20.1. The normalized spacial score (nSPS) is 16.2. The Morgan fingerprint density at radius 2 is 1.95 bits per heavy atom. The van der Waals surface area contributed by atoms with Crippen LogP contribution in [0.3, 0.4) is 0 Å². The fourth-order valence-electron chi connectivity index (χ4n) is 2.02. The highest BCUT2D eigenvalue weighted by molar-refractivity contribution is 7.89. The Kier molecular flexibility index (Phi) is 3.98. The van der Waals surface area contributed by atoms with Gasteiger partial charge in [0.15, 0.2) is 4.90 Å². The molecular weight excluding hydrogens is 294 g/mol. The van der Waals surface area contributed by atoms with Crippen LogP contribution in [-0.2, 0) is 10.0 Å². The van der Waals surface area contributed by atoms with Crippen molar-refractivity contribution in [3.05, 3.63) is 33.4 Å². The van der Waals surface area contributed by atoms with Crippen molar-refractivity contribution in [3.63, 3.8) is 0 Å². The van der Waals surface area contributed by atoms with Gasteiger partial charge in [0.25, 0.3) is 5.69 Å². The highest BCUT2D eigenvalue weighted by Crippen LogP contribution is 2.34. The van der Waals surface area contributed by atoms with Crippen LogP contribution < -0.4 is 4.72 Å². The van der Waals surface area contributed by atoms with Gasteiger partial charge in [-0.25, -0.2) is 8.42 Å². The number of nitro groups is 1. The van der Waals surface area contributed by atoms with Crippen LogP contribution in [0.15, 0.2) is 17.0 Å². The number of aryl methyl sites for hydroxylation is 2. The van der Waals surface area contributed by atoms with E-state index < -0.39 is 31.6 Å². The van der Waals surface area contributed by atoms with Crippen LogP contribution in [-0.4, -0.2) is 19.4 Å². The van der Waals surface area contributed by atoms with Gasteiger partial charge in [0.2, 0.25) is 10.0 Å². The van der Waals surface area contributed by atoms with Crippen LogP contribution in [0.2, 0.25) is 0 Å². The molecule has 7 nitrogen and oxygen atoms in total. The molecule has 0 aliphatic heterocycles. The molecule has 21 heavy (non-hydrogen) atoms. The van der Waals surface area contributed by atoms with E-state index in [4.69, 9.17) is 5.26 Å². The Labute approximate surface area is 122 Å². The van der Waals surface area contributed by atoms with Crippen molar-refractivity contribution in [2.45, 2.75) is 37.6 Å². The second kappa shape index (κ2) is 5.42. The van der Waals surface area contributed by atoms with Crippen LogP contribution in [0.25, 0.3) is 0 Å². The molecule has 0 spiro atoms. The number of nitro benzene ring substituents is 1. The molecule has 0 radical (unpaired) electrons. The average Bonchev–Trinajstić information content (AvgIpc) is 3.22. The van der Waals surface area contributed by atoms with Gasteiger partial charge in [-0.15, -0.1) is 0 Å². The number of rotatable bonds is 5. The molecule has 1 aliphatic carbocycles. The molecule has 1 aromatic carbocycles. The summed E-state index contributed by atoms with van der Waals surface area (Å²) >= 11 is 0. The molecule has 0 heterocycles. The predicted octanol–water partition coefficient (Wildman–Crippen LogP) is 1.79. The Bertz CT molecular complexity index is 733. The van der Waals surface area contributed by atoms with Crippen molar-refractivity contribution < 1.29 is 13.3 Å². The third kappa shape index (κ3) is 3.20. The van der Waals surface area contributed by atoms with E-state index in [0.717, 1.165) is 12.8 Å². The van der Waals surface area contributed by atoms with Gasteiger partial charge in [-0.05, 0) is 49.8 Å². The summed E-state index contributed by atoms with van der Waals surface area (Å²) in [5.41, 5.74) is 0.804. The molecule has 1 atom stereocenters. The summed E-state index contributed by atoms with van der Waals surface area (Å²) in [7, 11) is -4.11. The topological polar surface area (TPSA) is 113 Å². The standard InChI is InChI=1S/C13H15N3O4S/c1-8-5-12(16(17)18)13(6-9(8)2)21(19,20)15-11(7-14)10-3-4-10/h5-6,10-11,15H,3-4H2,1-2H3. The minimum Gasteiger partial charge on any atom is -0.258 e. The van der Waals surface area contributed by atoms with E-state index in [1.165, 1.54) is 12.1 Å². The summed E-state index contributed by atoms with van der Waals surface area (Å²) in [4.78, 5) is 9.97. The van der Waals surface area contributed by atoms with E-state index in [2.05, 4.69) is 4.72 Å². The van der Waals surface area contributed by atoms with Crippen LogP contribution in [0, 0.1) is 41.2 Å². The fraction of sp³-hybridized carbons (Fsp3) is 0.462. The highest BCUT2D eigenvalue weighted by Gasteiger charge is 2.36. The summed E-state index contributed by atoms with van der Waals surface area (Å²) in [6, 6.07) is 3.58. The van der Waals surface area contributed by atoms with Crippen molar-refractivity contribution in [3.8, 4) is 6.07 Å². The van der Waals surface area contributed by atoms with Gasteiger partial charge in [0, 0.05) is 6.07 Å². The number of hydrogen-bond donors (Lipinski definition) is 1. The number of nitrogens with zero attached hydrogens (tertiary/aromatic N) is 2. The Morgan fingerprint density at radius 3 is 2.43 bits per heavy atom. The summed E-state index contributed by atoms with van der Waals surface area (Å²) in [6.07, 6.45) is 1.57. The number of hydrogen-bond acceptors (Lipinski definition) is 5. The van der Waals surface area contributed by atoms with Gasteiger partial charge in [-0.2, -0.15) is 9.98 Å². The zero-order valence-electron chi connectivity index (χ0n) is 11.7. The van der Waals surface area contributed by atoms with E-state index in [1.807, 2.05) is 6.07 Å². The van der Waals surface area contributed by atoms with E-state index in [1.54, 1.807) is 13.8 Å². The van der Waals surface area contributed by atoms with Gasteiger partial charge < -0.3 is 0 Å². The second-order valence-corrected chi connectivity index (χ2v) is 6.91. The lowest BCUT2D eigenvalue weighted by Gasteiger charge is -2.12. The van der Waals surface area contributed by atoms with E-state index in [-0.39, 0.29) is 5.92 Å². The molecule has 0 saturated heterocycles. The van der Waals surface area contributed by atoms with Gasteiger partial charge in [-0.3, -0.25) is 10.1 Å². The zero-order chi connectivity index (χ0) is 15.8. The van der Waals surface area contributed by atoms with Crippen LogP contribution in [0.5, 0.6) is 0 Å². The molecule has 1 saturated carbocycles. The summed E-state index contributed by atoms with van der Waals surface area (Å²) < 4.78 is 27.0. The molecule has 0 amide bonds. The van der Waals surface area contributed by atoms with Gasteiger partial charge in [0.05, 0.1) is 11.0 Å².